The molecule has 0 aliphatic carbocycles. The van der Waals surface area contributed by atoms with Crippen LogP contribution in [0.2, 0.25) is 0 Å². The Balaban J connectivity index is 1.58. The predicted molar refractivity (Wildman–Crippen MR) is 77.7 cm³/mol. The third-order valence-corrected chi connectivity index (χ3v) is 3.36. The van der Waals surface area contributed by atoms with Crippen LogP contribution >= 0.6 is 0 Å². The highest BCUT2D eigenvalue weighted by molar-refractivity contribution is 6.03. The Hall–Kier alpha value is -3.70. The number of anilines is 1. The maximum absolute atomic E-state index is 13.0. The van der Waals surface area contributed by atoms with Crippen molar-refractivity contribution in [2.45, 2.75) is 6.29 Å². The van der Waals surface area contributed by atoms with Gasteiger partial charge in [-0.2, -0.15) is 0 Å². The number of carbonyl (C=O) groups excluding carboxylic acids is 1. The summed E-state index contributed by atoms with van der Waals surface area (Å²) >= 11 is 0. The number of nitrogens with zero attached hydrogens (tertiary/aromatic N) is 2. The molecule has 1 aromatic carbocycles. The minimum Gasteiger partial charge on any atom is -0.395 e. The number of halogens is 2. The van der Waals surface area contributed by atoms with Crippen LogP contribution in [0.4, 0.5) is 20.4 Å². The lowest BCUT2D eigenvalue weighted by molar-refractivity contribution is -0.384. The smallest absolute Gasteiger partial charge is 0.395 e. The molecule has 2 aromatic heterocycles. The molecule has 0 atom stereocenters. The molecule has 0 bridgehead atoms. The molecule has 0 saturated carbocycles. The Morgan fingerprint density at radius 1 is 1.28 bits per heavy atom. The van der Waals surface area contributed by atoms with E-state index >= 15 is 0 Å². The second kappa shape index (κ2) is 4.90. The van der Waals surface area contributed by atoms with Gasteiger partial charge in [0.25, 0.3) is 11.6 Å². The molecule has 4 rings (SSSR count). The van der Waals surface area contributed by atoms with Crippen LogP contribution in [0.5, 0.6) is 11.5 Å². The van der Waals surface area contributed by atoms with E-state index in [0.717, 1.165) is 12.3 Å². The van der Waals surface area contributed by atoms with E-state index in [-0.39, 0.29) is 34.3 Å². The third-order valence-electron chi connectivity index (χ3n) is 3.36. The van der Waals surface area contributed by atoms with E-state index in [9.17, 15) is 23.7 Å². The van der Waals surface area contributed by atoms with Gasteiger partial charge in [0.1, 0.15) is 5.69 Å². The van der Waals surface area contributed by atoms with Crippen molar-refractivity contribution in [1.82, 2.24) is 15.0 Å². The van der Waals surface area contributed by atoms with Crippen molar-refractivity contribution in [1.29, 1.82) is 0 Å². The summed E-state index contributed by atoms with van der Waals surface area (Å²) in [6.45, 7) is 0. The Morgan fingerprint density at radius 2 is 2.00 bits per heavy atom. The van der Waals surface area contributed by atoms with Gasteiger partial charge in [-0.15, -0.1) is 8.78 Å². The fraction of sp³-hybridized carbons (Fsp3) is 0.0769. The number of amides is 1. The number of fused-ring (bicyclic) bond motifs is 2. The van der Waals surface area contributed by atoms with Crippen molar-refractivity contribution in [2.24, 2.45) is 0 Å². The summed E-state index contributed by atoms with van der Waals surface area (Å²) in [5.41, 5.74) is 0.281. The van der Waals surface area contributed by atoms with Gasteiger partial charge in [-0.25, -0.2) is 4.98 Å². The molecule has 3 aromatic rings. The minimum atomic E-state index is -3.74. The Morgan fingerprint density at radius 3 is 2.68 bits per heavy atom. The number of hydrogen-bond donors (Lipinski definition) is 3. The third kappa shape index (κ3) is 2.58. The molecular weight excluding hydrogens is 344 g/mol. The summed E-state index contributed by atoms with van der Waals surface area (Å²) in [7, 11) is 0. The molecular formula is C13H7F2N5O5. The van der Waals surface area contributed by atoms with Crippen LogP contribution in [0.15, 0.2) is 24.4 Å². The van der Waals surface area contributed by atoms with Crippen LogP contribution in [0.1, 0.15) is 10.5 Å². The van der Waals surface area contributed by atoms with Crippen molar-refractivity contribution >= 4 is 28.6 Å². The van der Waals surface area contributed by atoms with Gasteiger partial charge in [0.05, 0.1) is 22.2 Å². The number of imidazole rings is 1. The van der Waals surface area contributed by atoms with E-state index < -0.39 is 17.1 Å². The van der Waals surface area contributed by atoms with Crippen LogP contribution in [-0.4, -0.2) is 32.1 Å². The lowest BCUT2D eigenvalue weighted by Gasteiger charge is -2.04. The van der Waals surface area contributed by atoms with Crippen molar-refractivity contribution < 1.29 is 28.0 Å². The maximum Gasteiger partial charge on any atom is 0.586 e. The average molecular weight is 351 g/mol. The van der Waals surface area contributed by atoms with Gasteiger partial charge in [0.15, 0.2) is 11.5 Å². The zero-order valence-corrected chi connectivity index (χ0v) is 12.0. The van der Waals surface area contributed by atoms with Gasteiger partial charge in [0, 0.05) is 18.2 Å². The SMILES string of the molecule is O=C(Nc1nc2cc3c(cc2[nH]1)OC(F)(F)O3)c1cc([N+](=O)[O-])c[nH]1. The van der Waals surface area contributed by atoms with Crippen LogP contribution in [0, 0.1) is 10.1 Å². The fourth-order valence-electron chi connectivity index (χ4n) is 2.31. The molecule has 0 fully saturated rings. The van der Waals surface area contributed by atoms with Gasteiger partial charge in [-0.05, 0) is 0 Å². The normalized spacial score (nSPS) is 14.6. The van der Waals surface area contributed by atoms with E-state index in [1.165, 1.54) is 12.1 Å². The molecule has 0 radical (unpaired) electrons. The predicted octanol–water partition coefficient (Wildman–Crippen LogP) is 2.37. The number of carbonyl (C=O) groups is 1. The van der Waals surface area contributed by atoms with Gasteiger partial charge in [-0.3, -0.25) is 20.2 Å². The highest BCUT2D eigenvalue weighted by Crippen LogP contribution is 2.42. The number of rotatable bonds is 3. The number of benzene rings is 1. The number of H-pyrrole nitrogens is 2. The van der Waals surface area contributed by atoms with Crippen molar-refractivity contribution in [3.8, 4) is 11.5 Å². The first-order valence-corrected chi connectivity index (χ1v) is 6.74. The second-order valence-electron chi connectivity index (χ2n) is 5.05. The first-order chi connectivity index (χ1) is 11.8. The zero-order valence-electron chi connectivity index (χ0n) is 12.0. The minimum absolute atomic E-state index is 0.0210. The standard InChI is InChI=1S/C13H7F2N5O5/c14-13(15)24-9-2-6-7(3-10(9)25-13)18-12(17-6)19-11(21)8-1-5(4-16-8)20(22)23/h1-4,16H,(H2,17,18,19,21). The summed E-state index contributed by atoms with van der Waals surface area (Å²) in [6, 6.07) is 3.56. The molecule has 10 nitrogen and oxygen atoms in total. The lowest BCUT2D eigenvalue weighted by atomic mass is 10.3. The van der Waals surface area contributed by atoms with Crippen LogP contribution in [0.25, 0.3) is 11.0 Å². The quantitative estimate of drug-likeness (QED) is 0.490. The zero-order chi connectivity index (χ0) is 17.8. The van der Waals surface area contributed by atoms with Crippen molar-refractivity contribution in [2.75, 3.05) is 5.32 Å². The van der Waals surface area contributed by atoms with E-state index in [4.69, 9.17) is 0 Å². The summed E-state index contributed by atoms with van der Waals surface area (Å²) in [5, 5.41) is 13.0. The molecule has 0 unspecified atom stereocenters. The van der Waals surface area contributed by atoms with Crippen LogP contribution in [0.3, 0.4) is 0 Å². The monoisotopic (exact) mass is 351 g/mol. The molecule has 128 valence electrons. The van der Waals surface area contributed by atoms with Crippen LogP contribution < -0.4 is 14.8 Å². The van der Waals surface area contributed by atoms with Gasteiger partial charge >= 0.3 is 6.29 Å². The molecule has 12 heteroatoms. The summed E-state index contributed by atoms with van der Waals surface area (Å²) in [4.78, 5) is 31.2. The van der Waals surface area contributed by atoms with Gasteiger partial charge in [0.2, 0.25) is 5.95 Å². The Kier molecular flexibility index (Phi) is 2.91. The molecule has 0 saturated heterocycles. The van der Waals surface area contributed by atoms with E-state index in [0.29, 0.717) is 5.52 Å². The summed E-state index contributed by atoms with van der Waals surface area (Å²) in [5.74, 6) is -0.993. The maximum atomic E-state index is 13.0. The Bertz CT molecular complexity index is 982. The number of nitrogens with one attached hydrogen (secondary N) is 3. The largest absolute Gasteiger partial charge is 0.586 e. The second-order valence-corrected chi connectivity index (χ2v) is 5.05. The van der Waals surface area contributed by atoms with Gasteiger partial charge in [-0.1, -0.05) is 0 Å². The average Bonchev–Trinajstić information content (AvgIpc) is 3.18. The molecule has 3 heterocycles. The first kappa shape index (κ1) is 14.9. The molecule has 0 spiro atoms. The highest BCUT2D eigenvalue weighted by Gasteiger charge is 2.43. The van der Waals surface area contributed by atoms with Gasteiger partial charge < -0.3 is 19.4 Å². The first-order valence-electron chi connectivity index (χ1n) is 6.74. The molecule has 1 aliphatic rings. The fourth-order valence-corrected chi connectivity index (χ4v) is 2.31. The molecule has 3 N–H and O–H groups in total. The number of alkyl halides is 2. The number of hydrogen-bond acceptors (Lipinski definition) is 6. The van der Waals surface area contributed by atoms with E-state index in [1.807, 2.05) is 0 Å². The van der Waals surface area contributed by atoms with E-state index in [2.05, 4.69) is 29.7 Å². The topological polar surface area (TPSA) is 135 Å². The summed E-state index contributed by atoms with van der Waals surface area (Å²) < 4.78 is 34.7. The van der Waals surface area contributed by atoms with Crippen LogP contribution in [-0.2, 0) is 0 Å². The number of ether oxygens (including phenoxy) is 2. The molecule has 1 aliphatic heterocycles. The molecule has 1 amide bonds. The highest BCUT2D eigenvalue weighted by atomic mass is 19.3. The van der Waals surface area contributed by atoms with E-state index in [1.54, 1.807) is 0 Å². The van der Waals surface area contributed by atoms with Crippen molar-refractivity contribution in [3.05, 3.63) is 40.2 Å². The number of aromatic nitrogens is 3. The summed E-state index contributed by atoms with van der Waals surface area (Å²) in [6.07, 6.45) is -2.66. The molecule has 25 heavy (non-hydrogen) atoms. The van der Waals surface area contributed by atoms with Crippen molar-refractivity contribution in [3.63, 3.8) is 0 Å². The Labute approximate surface area is 135 Å². The lowest BCUT2D eigenvalue weighted by Crippen LogP contribution is -2.25. The number of nitro groups is 1. The number of aromatic amines is 2.